The summed E-state index contributed by atoms with van der Waals surface area (Å²) in [4.78, 5) is 13.6. The van der Waals surface area contributed by atoms with Gasteiger partial charge in [-0.25, -0.2) is 0 Å². The fraction of sp³-hybridized carbons (Fsp3) is 0.600. The van der Waals surface area contributed by atoms with E-state index in [2.05, 4.69) is 5.10 Å². The van der Waals surface area contributed by atoms with E-state index < -0.39 is 5.38 Å². The molecule has 0 aliphatic heterocycles. The molecule has 0 aromatic carbocycles. The quantitative estimate of drug-likeness (QED) is 0.736. The van der Waals surface area contributed by atoms with Gasteiger partial charge in [-0.15, -0.1) is 11.6 Å². The minimum atomic E-state index is -0.626. The van der Waals surface area contributed by atoms with Crippen LogP contribution in [0.15, 0.2) is 12.4 Å². The number of likely N-dealkylation sites (N-methyl/N-ethyl adjacent to an activating group) is 1. The molecule has 0 fully saturated rings. The lowest BCUT2D eigenvalue weighted by Crippen LogP contribution is -2.33. The Balaban J connectivity index is 2.76. The van der Waals surface area contributed by atoms with E-state index in [0.717, 1.165) is 5.56 Å². The van der Waals surface area contributed by atoms with Crippen LogP contribution in [-0.4, -0.2) is 33.7 Å². The van der Waals surface area contributed by atoms with Crippen LogP contribution in [0.5, 0.6) is 0 Å². The molecule has 5 heteroatoms. The second-order valence-electron chi connectivity index (χ2n) is 3.32. The number of halogens is 1. The van der Waals surface area contributed by atoms with E-state index in [1.807, 2.05) is 13.8 Å². The Hall–Kier alpha value is -1.03. The third-order valence-corrected chi connectivity index (χ3v) is 2.75. The molecule has 1 amide bonds. The van der Waals surface area contributed by atoms with Gasteiger partial charge >= 0.3 is 0 Å². The normalized spacial score (nSPS) is 12.5. The highest BCUT2D eigenvalue weighted by Gasteiger charge is 2.22. The Morgan fingerprint density at radius 2 is 2.20 bits per heavy atom. The minimum Gasteiger partial charge on any atom is -0.342 e. The largest absolute Gasteiger partial charge is 0.342 e. The topological polar surface area (TPSA) is 38.1 Å². The summed E-state index contributed by atoms with van der Waals surface area (Å²) in [6.45, 7) is 5.24. The van der Waals surface area contributed by atoms with Gasteiger partial charge in [-0.3, -0.25) is 9.48 Å². The van der Waals surface area contributed by atoms with Gasteiger partial charge in [0.1, 0.15) is 5.38 Å². The van der Waals surface area contributed by atoms with Crippen LogP contribution in [0.25, 0.3) is 0 Å². The number of aromatic nitrogens is 2. The van der Waals surface area contributed by atoms with Crippen LogP contribution >= 0.6 is 11.6 Å². The highest BCUT2D eigenvalue weighted by Crippen LogP contribution is 2.22. The fourth-order valence-electron chi connectivity index (χ4n) is 1.41. The molecule has 4 nitrogen and oxygen atoms in total. The van der Waals surface area contributed by atoms with Crippen LogP contribution < -0.4 is 0 Å². The Morgan fingerprint density at radius 1 is 1.60 bits per heavy atom. The molecule has 1 heterocycles. The van der Waals surface area contributed by atoms with E-state index in [4.69, 9.17) is 11.6 Å². The summed E-state index contributed by atoms with van der Waals surface area (Å²) in [5.41, 5.74) is 0.746. The van der Waals surface area contributed by atoms with Gasteiger partial charge in [-0.2, -0.15) is 5.10 Å². The van der Waals surface area contributed by atoms with Crippen molar-refractivity contribution >= 4 is 17.5 Å². The van der Waals surface area contributed by atoms with Crippen molar-refractivity contribution in [2.24, 2.45) is 7.05 Å². The molecule has 1 rings (SSSR count). The van der Waals surface area contributed by atoms with Crippen molar-refractivity contribution < 1.29 is 4.79 Å². The highest BCUT2D eigenvalue weighted by molar-refractivity contribution is 6.30. The van der Waals surface area contributed by atoms with E-state index in [-0.39, 0.29) is 5.91 Å². The maximum absolute atomic E-state index is 11.9. The fourth-order valence-corrected chi connectivity index (χ4v) is 1.66. The zero-order valence-electron chi connectivity index (χ0n) is 9.27. The van der Waals surface area contributed by atoms with E-state index >= 15 is 0 Å². The predicted molar refractivity (Wildman–Crippen MR) is 59.7 cm³/mol. The predicted octanol–water partition coefficient (Wildman–Crippen LogP) is 1.57. The van der Waals surface area contributed by atoms with Gasteiger partial charge in [0.25, 0.3) is 0 Å². The molecule has 0 spiro atoms. The van der Waals surface area contributed by atoms with E-state index in [1.54, 1.807) is 29.0 Å². The number of alkyl halides is 1. The van der Waals surface area contributed by atoms with Gasteiger partial charge in [0.2, 0.25) is 5.91 Å². The first-order valence-corrected chi connectivity index (χ1v) is 5.45. The second-order valence-corrected chi connectivity index (χ2v) is 3.76. The number of nitrogens with zero attached hydrogens (tertiary/aromatic N) is 3. The van der Waals surface area contributed by atoms with E-state index in [0.29, 0.717) is 13.1 Å². The summed E-state index contributed by atoms with van der Waals surface area (Å²) >= 11 is 6.08. The third kappa shape index (κ3) is 2.72. The molecular weight excluding hydrogens is 214 g/mol. The van der Waals surface area contributed by atoms with Gasteiger partial charge in [0.05, 0.1) is 6.20 Å². The standard InChI is InChI=1S/C10H16ClN3O/c1-4-14(5-2)10(15)9(11)8-6-12-13(3)7-8/h6-7,9H,4-5H2,1-3H3. The van der Waals surface area contributed by atoms with Gasteiger partial charge in [-0.1, -0.05) is 0 Å². The number of rotatable bonds is 4. The molecule has 1 aromatic heterocycles. The zero-order valence-corrected chi connectivity index (χ0v) is 10.0. The molecule has 15 heavy (non-hydrogen) atoms. The van der Waals surface area contributed by atoms with Crippen molar-refractivity contribution in [3.63, 3.8) is 0 Å². The van der Waals surface area contributed by atoms with Gasteiger partial charge in [-0.05, 0) is 13.8 Å². The summed E-state index contributed by atoms with van der Waals surface area (Å²) in [6.07, 6.45) is 3.39. The number of carbonyl (C=O) groups is 1. The van der Waals surface area contributed by atoms with E-state index in [1.165, 1.54) is 0 Å². The molecule has 0 aliphatic carbocycles. The van der Waals surface area contributed by atoms with Crippen molar-refractivity contribution in [3.8, 4) is 0 Å². The number of hydrogen-bond acceptors (Lipinski definition) is 2. The first-order valence-electron chi connectivity index (χ1n) is 5.01. The summed E-state index contributed by atoms with van der Waals surface area (Å²) in [6, 6.07) is 0. The van der Waals surface area contributed by atoms with Crippen molar-refractivity contribution in [3.05, 3.63) is 18.0 Å². The van der Waals surface area contributed by atoms with Crippen LogP contribution in [0, 0.1) is 0 Å². The monoisotopic (exact) mass is 229 g/mol. The van der Waals surface area contributed by atoms with Crippen LogP contribution in [0.4, 0.5) is 0 Å². The highest BCUT2D eigenvalue weighted by atomic mass is 35.5. The lowest BCUT2D eigenvalue weighted by Gasteiger charge is -2.20. The average molecular weight is 230 g/mol. The van der Waals surface area contributed by atoms with Crippen LogP contribution in [-0.2, 0) is 11.8 Å². The molecule has 1 aromatic rings. The smallest absolute Gasteiger partial charge is 0.245 e. The van der Waals surface area contributed by atoms with Gasteiger partial charge < -0.3 is 4.90 Å². The summed E-state index contributed by atoms with van der Waals surface area (Å²) < 4.78 is 1.64. The molecular formula is C10H16ClN3O. The molecule has 0 bridgehead atoms. The van der Waals surface area contributed by atoms with Crippen LogP contribution in [0.1, 0.15) is 24.8 Å². The Kier molecular flexibility index (Phi) is 4.15. The number of aryl methyl sites for hydroxylation is 1. The minimum absolute atomic E-state index is 0.0605. The average Bonchev–Trinajstić information content (AvgIpc) is 2.65. The van der Waals surface area contributed by atoms with Crippen molar-refractivity contribution in [1.29, 1.82) is 0 Å². The molecule has 1 unspecified atom stereocenters. The molecule has 1 atom stereocenters. The zero-order chi connectivity index (χ0) is 11.4. The Morgan fingerprint density at radius 3 is 2.60 bits per heavy atom. The summed E-state index contributed by atoms with van der Waals surface area (Å²) in [5.74, 6) is -0.0605. The SMILES string of the molecule is CCN(CC)C(=O)C(Cl)c1cnn(C)c1. The third-order valence-electron chi connectivity index (χ3n) is 2.31. The van der Waals surface area contributed by atoms with Crippen LogP contribution in [0.3, 0.4) is 0 Å². The van der Waals surface area contributed by atoms with Gasteiger partial charge in [0, 0.05) is 31.9 Å². The first-order chi connectivity index (χ1) is 7.10. The molecule has 0 saturated carbocycles. The van der Waals surface area contributed by atoms with Crippen molar-refractivity contribution in [2.45, 2.75) is 19.2 Å². The van der Waals surface area contributed by atoms with Crippen molar-refractivity contribution in [1.82, 2.24) is 14.7 Å². The van der Waals surface area contributed by atoms with Crippen molar-refractivity contribution in [2.75, 3.05) is 13.1 Å². The number of hydrogen-bond donors (Lipinski definition) is 0. The molecule has 0 N–H and O–H groups in total. The first kappa shape index (κ1) is 12.0. The van der Waals surface area contributed by atoms with Crippen LogP contribution in [0.2, 0.25) is 0 Å². The Labute approximate surface area is 94.8 Å². The number of amides is 1. The Bertz CT molecular complexity index is 333. The molecule has 0 aliphatic rings. The molecule has 84 valence electrons. The summed E-state index contributed by atoms with van der Waals surface area (Å²) in [5, 5.41) is 3.37. The summed E-state index contributed by atoms with van der Waals surface area (Å²) in [7, 11) is 1.80. The lowest BCUT2D eigenvalue weighted by atomic mass is 10.2. The molecule has 0 saturated heterocycles. The number of carbonyl (C=O) groups excluding carboxylic acids is 1. The second kappa shape index (κ2) is 5.16. The van der Waals surface area contributed by atoms with E-state index in [9.17, 15) is 4.79 Å². The maximum atomic E-state index is 11.9. The van der Waals surface area contributed by atoms with Gasteiger partial charge in [0.15, 0.2) is 0 Å². The molecule has 0 radical (unpaired) electrons. The maximum Gasteiger partial charge on any atom is 0.245 e. The lowest BCUT2D eigenvalue weighted by molar-refractivity contribution is -0.130.